The van der Waals surface area contributed by atoms with E-state index < -0.39 is 10.0 Å². The van der Waals surface area contributed by atoms with Crippen LogP contribution in [0.5, 0.6) is 0 Å². The van der Waals surface area contributed by atoms with E-state index in [4.69, 9.17) is 4.74 Å². The molecule has 2 aliphatic heterocycles. The molecule has 0 bridgehead atoms. The predicted octanol–water partition coefficient (Wildman–Crippen LogP) is 2.94. The second-order valence-electron chi connectivity index (χ2n) is 8.90. The number of nitrogens with zero attached hydrogens (tertiary/aromatic N) is 1. The average molecular weight is 486 g/mol. The van der Waals surface area contributed by atoms with E-state index in [1.54, 1.807) is 60.4 Å². The highest BCUT2D eigenvalue weighted by atomic mass is 32.2. The fourth-order valence-corrected chi connectivity index (χ4v) is 5.77. The van der Waals surface area contributed by atoms with E-state index in [-0.39, 0.29) is 28.7 Å². The number of anilines is 1. The molecule has 1 atom stereocenters. The highest BCUT2D eigenvalue weighted by Gasteiger charge is 2.29. The molecular weight excluding hydrogens is 454 g/mol. The average Bonchev–Trinajstić information content (AvgIpc) is 3.36. The van der Waals surface area contributed by atoms with Crippen molar-refractivity contribution >= 4 is 27.5 Å². The van der Waals surface area contributed by atoms with Crippen molar-refractivity contribution < 1.29 is 22.7 Å². The number of piperidine rings is 1. The van der Waals surface area contributed by atoms with Crippen LogP contribution in [0.25, 0.3) is 0 Å². The van der Waals surface area contributed by atoms with Crippen LogP contribution in [0, 0.1) is 12.8 Å². The first-order valence-electron chi connectivity index (χ1n) is 11.7. The summed E-state index contributed by atoms with van der Waals surface area (Å²) in [5.74, 6) is -0.261. The summed E-state index contributed by atoms with van der Waals surface area (Å²) in [6, 6.07) is 13.3. The lowest BCUT2D eigenvalue weighted by Crippen LogP contribution is -2.44. The minimum Gasteiger partial charge on any atom is -0.376 e. The molecule has 9 heteroatoms. The van der Waals surface area contributed by atoms with Crippen LogP contribution in [0.4, 0.5) is 5.69 Å². The van der Waals surface area contributed by atoms with Gasteiger partial charge in [0.05, 0.1) is 11.0 Å². The maximum absolute atomic E-state index is 13.0. The molecule has 8 nitrogen and oxygen atoms in total. The number of hydrogen-bond donors (Lipinski definition) is 2. The van der Waals surface area contributed by atoms with Crippen LogP contribution in [-0.4, -0.2) is 57.5 Å². The number of nitrogens with one attached hydrogen (secondary N) is 2. The first kappa shape index (κ1) is 24.2. The molecule has 2 heterocycles. The van der Waals surface area contributed by atoms with E-state index in [0.717, 1.165) is 19.4 Å². The van der Waals surface area contributed by atoms with Crippen molar-refractivity contribution in [2.75, 3.05) is 31.0 Å². The number of aryl methyl sites for hydroxylation is 1. The summed E-state index contributed by atoms with van der Waals surface area (Å²) in [7, 11) is -3.77. The molecule has 1 unspecified atom stereocenters. The fraction of sp³-hybridized carbons (Fsp3) is 0.440. The highest BCUT2D eigenvalue weighted by Crippen LogP contribution is 2.23. The van der Waals surface area contributed by atoms with Gasteiger partial charge in [0.15, 0.2) is 0 Å². The molecule has 2 saturated heterocycles. The summed E-state index contributed by atoms with van der Waals surface area (Å²) in [5, 5.41) is 2.98. The Morgan fingerprint density at radius 2 is 1.82 bits per heavy atom. The molecule has 2 N–H and O–H groups in total. The third-order valence-electron chi connectivity index (χ3n) is 6.43. The molecule has 0 aliphatic carbocycles. The van der Waals surface area contributed by atoms with Gasteiger partial charge >= 0.3 is 0 Å². The molecule has 0 saturated carbocycles. The summed E-state index contributed by atoms with van der Waals surface area (Å²) in [4.78, 5) is 27.5. The van der Waals surface area contributed by atoms with Gasteiger partial charge in [0.25, 0.3) is 15.9 Å². The SMILES string of the molecule is Cc1ccccc1S(=O)(=O)Nc1cccc(C(=O)N2CCC(C(=O)NCC3CCCO3)CC2)c1. The number of hydrogen-bond acceptors (Lipinski definition) is 5. The zero-order valence-corrected chi connectivity index (χ0v) is 20.1. The Morgan fingerprint density at radius 3 is 2.53 bits per heavy atom. The molecule has 2 amide bonds. The molecule has 2 fully saturated rings. The number of benzene rings is 2. The summed E-state index contributed by atoms with van der Waals surface area (Å²) in [6.45, 7) is 4.01. The third kappa shape index (κ3) is 5.77. The van der Waals surface area contributed by atoms with Crippen molar-refractivity contribution in [3.63, 3.8) is 0 Å². The number of likely N-dealkylation sites (tertiary alicyclic amines) is 1. The predicted molar refractivity (Wildman–Crippen MR) is 129 cm³/mol. The van der Waals surface area contributed by atoms with Gasteiger partial charge in [-0.25, -0.2) is 8.42 Å². The normalized spacial score (nSPS) is 19.1. The van der Waals surface area contributed by atoms with Gasteiger partial charge in [-0.3, -0.25) is 14.3 Å². The molecule has 2 aliphatic rings. The number of ether oxygens (including phenoxy) is 1. The van der Waals surface area contributed by atoms with Crippen molar-refractivity contribution in [3.8, 4) is 0 Å². The molecule has 182 valence electrons. The topological polar surface area (TPSA) is 105 Å². The summed E-state index contributed by atoms with van der Waals surface area (Å²) in [6.07, 6.45) is 3.33. The summed E-state index contributed by atoms with van der Waals surface area (Å²) < 4.78 is 33.7. The Hall–Kier alpha value is -2.91. The van der Waals surface area contributed by atoms with E-state index >= 15 is 0 Å². The lowest BCUT2D eigenvalue weighted by Gasteiger charge is -2.31. The van der Waals surface area contributed by atoms with E-state index in [1.165, 1.54) is 0 Å². The number of rotatable bonds is 7. The molecule has 34 heavy (non-hydrogen) atoms. The van der Waals surface area contributed by atoms with Crippen LogP contribution < -0.4 is 10.0 Å². The van der Waals surface area contributed by atoms with E-state index in [9.17, 15) is 18.0 Å². The second kappa shape index (κ2) is 10.6. The van der Waals surface area contributed by atoms with Crippen molar-refractivity contribution in [2.24, 2.45) is 5.92 Å². The lowest BCUT2D eigenvalue weighted by molar-refractivity contribution is -0.126. The Morgan fingerprint density at radius 1 is 1.06 bits per heavy atom. The van der Waals surface area contributed by atoms with Gasteiger partial charge in [0.2, 0.25) is 5.91 Å². The van der Waals surface area contributed by atoms with Gasteiger partial charge in [-0.15, -0.1) is 0 Å². The van der Waals surface area contributed by atoms with E-state index in [2.05, 4.69) is 10.0 Å². The highest BCUT2D eigenvalue weighted by molar-refractivity contribution is 7.92. The molecule has 0 spiro atoms. The Balaban J connectivity index is 1.34. The Bertz CT molecular complexity index is 1140. The van der Waals surface area contributed by atoms with Crippen molar-refractivity contribution in [1.29, 1.82) is 0 Å². The van der Waals surface area contributed by atoms with Crippen LogP contribution in [0.1, 0.15) is 41.6 Å². The van der Waals surface area contributed by atoms with Crippen LogP contribution in [0.3, 0.4) is 0 Å². The molecule has 0 radical (unpaired) electrons. The summed E-state index contributed by atoms with van der Waals surface area (Å²) >= 11 is 0. The van der Waals surface area contributed by atoms with E-state index in [0.29, 0.717) is 49.3 Å². The first-order valence-corrected chi connectivity index (χ1v) is 13.2. The number of sulfonamides is 1. The summed E-state index contributed by atoms with van der Waals surface area (Å²) in [5.41, 5.74) is 1.38. The van der Waals surface area contributed by atoms with Crippen LogP contribution in [0.2, 0.25) is 0 Å². The van der Waals surface area contributed by atoms with Crippen molar-refractivity contribution in [1.82, 2.24) is 10.2 Å². The zero-order chi connectivity index (χ0) is 24.1. The van der Waals surface area contributed by atoms with Crippen molar-refractivity contribution in [2.45, 2.75) is 43.6 Å². The first-order chi connectivity index (χ1) is 16.3. The number of amides is 2. The number of carbonyl (C=O) groups is 2. The lowest BCUT2D eigenvalue weighted by atomic mass is 9.95. The Kier molecular flexibility index (Phi) is 7.53. The molecule has 0 aromatic heterocycles. The molecule has 2 aromatic carbocycles. The van der Waals surface area contributed by atoms with E-state index in [1.807, 2.05) is 0 Å². The third-order valence-corrected chi connectivity index (χ3v) is 7.97. The minimum atomic E-state index is -3.77. The maximum atomic E-state index is 13.0. The monoisotopic (exact) mass is 485 g/mol. The van der Waals surface area contributed by atoms with Gasteiger partial charge < -0.3 is 15.0 Å². The van der Waals surface area contributed by atoms with Gasteiger partial charge in [0.1, 0.15) is 0 Å². The van der Waals surface area contributed by atoms with Gasteiger partial charge in [-0.2, -0.15) is 0 Å². The second-order valence-corrected chi connectivity index (χ2v) is 10.5. The fourth-order valence-electron chi connectivity index (χ4n) is 4.48. The Labute approximate surface area is 200 Å². The standard InChI is InChI=1S/C25H31N3O5S/c1-18-6-2-3-10-23(18)34(31,32)27-21-8-4-7-20(16-21)25(30)28-13-11-19(12-14-28)24(29)26-17-22-9-5-15-33-22/h2-4,6-8,10,16,19,22,27H,5,9,11-15,17H2,1H3,(H,26,29). The minimum absolute atomic E-state index is 0.0233. The van der Waals surface area contributed by atoms with Crippen LogP contribution >= 0.6 is 0 Å². The van der Waals surface area contributed by atoms with Crippen LogP contribution in [-0.2, 0) is 19.6 Å². The molecular formula is C25H31N3O5S. The largest absolute Gasteiger partial charge is 0.376 e. The smallest absolute Gasteiger partial charge is 0.262 e. The van der Waals surface area contributed by atoms with Crippen molar-refractivity contribution in [3.05, 3.63) is 59.7 Å². The molecule has 4 rings (SSSR count). The molecule has 2 aromatic rings. The van der Waals surface area contributed by atoms with Gasteiger partial charge in [-0.05, 0) is 62.4 Å². The zero-order valence-electron chi connectivity index (χ0n) is 19.3. The van der Waals surface area contributed by atoms with Gasteiger partial charge in [-0.1, -0.05) is 24.3 Å². The van der Waals surface area contributed by atoms with Crippen LogP contribution in [0.15, 0.2) is 53.4 Å². The number of carbonyl (C=O) groups excluding carboxylic acids is 2. The maximum Gasteiger partial charge on any atom is 0.262 e. The van der Waals surface area contributed by atoms with Gasteiger partial charge in [0, 0.05) is 43.4 Å². The quantitative estimate of drug-likeness (QED) is 0.628.